The molecule has 0 N–H and O–H groups in total. The second-order valence-corrected chi connectivity index (χ2v) is 6.05. The summed E-state index contributed by atoms with van der Waals surface area (Å²) in [6, 6.07) is 5.42. The number of alkyl halides is 3. The lowest BCUT2D eigenvalue weighted by molar-refractivity contribution is -0.149. The molecule has 3 saturated carbocycles. The van der Waals surface area contributed by atoms with Crippen molar-refractivity contribution in [3.05, 3.63) is 35.4 Å². The Hall–Kier alpha value is -1.52. The van der Waals surface area contributed by atoms with Gasteiger partial charge in [-0.15, -0.1) is 0 Å². The second kappa shape index (κ2) is 4.75. The highest BCUT2D eigenvalue weighted by atomic mass is 19.4. The summed E-state index contributed by atoms with van der Waals surface area (Å²) in [5, 5.41) is 0. The molecule has 5 heteroatoms. The van der Waals surface area contributed by atoms with Crippen molar-refractivity contribution in [1.29, 1.82) is 0 Å². The zero-order valence-corrected chi connectivity index (χ0v) is 11.7. The Morgan fingerprint density at radius 2 is 2.10 bits per heavy atom. The van der Waals surface area contributed by atoms with E-state index in [9.17, 15) is 18.0 Å². The molecule has 114 valence electrons. The number of fused-ring (bicyclic) bond motifs is 1. The molecule has 1 unspecified atom stereocenters. The van der Waals surface area contributed by atoms with E-state index in [1.165, 1.54) is 12.1 Å². The lowest BCUT2D eigenvalue weighted by Crippen LogP contribution is -2.40. The molecule has 0 heterocycles. The molecule has 1 aromatic carbocycles. The minimum absolute atomic E-state index is 0.269. The topological polar surface area (TPSA) is 26.3 Å². The molecular weight excluding hydrogens is 281 g/mol. The quantitative estimate of drug-likeness (QED) is 0.790. The number of esters is 1. The third-order valence-electron chi connectivity index (χ3n) is 4.88. The number of benzene rings is 1. The lowest BCUT2D eigenvalue weighted by atomic mass is 9.62. The smallest absolute Gasteiger partial charge is 0.416 e. The van der Waals surface area contributed by atoms with Crippen LogP contribution in [-0.4, -0.2) is 12.6 Å². The van der Waals surface area contributed by atoms with Crippen molar-refractivity contribution in [1.82, 2.24) is 0 Å². The molecular formula is C16H17F3O2. The normalized spacial score (nSPS) is 30.9. The molecule has 0 spiro atoms. The van der Waals surface area contributed by atoms with E-state index in [2.05, 4.69) is 0 Å². The van der Waals surface area contributed by atoms with Crippen molar-refractivity contribution < 1.29 is 22.7 Å². The molecule has 4 rings (SSSR count). The average molecular weight is 298 g/mol. The number of halogens is 3. The third kappa shape index (κ3) is 2.23. The summed E-state index contributed by atoms with van der Waals surface area (Å²) in [5.41, 5.74) is -0.463. The minimum Gasteiger partial charge on any atom is -0.466 e. The standard InChI is InChI=1S/C16H17F3O2/c1-2-21-14(20)13-6-10-8-15(13,9-10)11-4-3-5-12(7-11)16(17,18)19/h3-5,7,10,13H,2,6,8-9H2,1H3. The van der Waals surface area contributed by atoms with Crippen molar-refractivity contribution in [2.45, 2.75) is 37.8 Å². The van der Waals surface area contributed by atoms with Gasteiger partial charge in [-0.05, 0) is 43.7 Å². The molecule has 3 aliphatic carbocycles. The van der Waals surface area contributed by atoms with E-state index in [-0.39, 0.29) is 11.9 Å². The molecule has 0 aliphatic heterocycles. The van der Waals surface area contributed by atoms with Gasteiger partial charge in [0.2, 0.25) is 0 Å². The minimum atomic E-state index is -4.35. The summed E-state index contributed by atoms with van der Waals surface area (Å²) < 4.78 is 43.7. The first-order valence-corrected chi connectivity index (χ1v) is 7.21. The Morgan fingerprint density at radius 1 is 1.38 bits per heavy atom. The lowest BCUT2D eigenvalue weighted by Gasteiger charge is -2.41. The van der Waals surface area contributed by atoms with Gasteiger partial charge in [-0.3, -0.25) is 4.79 Å². The summed E-state index contributed by atoms with van der Waals surface area (Å²) in [6.07, 6.45) is -2.04. The van der Waals surface area contributed by atoms with E-state index in [0.717, 1.165) is 25.3 Å². The SMILES string of the molecule is CCOC(=O)C1CC2CC1(c1cccc(C(F)(F)F)c1)C2. The van der Waals surface area contributed by atoms with Crippen molar-refractivity contribution in [2.75, 3.05) is 6.61 Å². The molecule has 3 aliphatic rings. The van der Waals surface area contributed by atoms with Crippen LogP contribution < -0.4 is 0 Å². The molecule has 0 radical (unpaired) electrons. The van der Waals surface area contributed by atoms with E-state index >= 15 is 0 Å². The van der Waals surface area contributed by atoms with E-state index in [0.29, 0.717) is 18.1 Å². The average Bonchev–Trinajstić information content (AvgIpc) is 2.94. The zero-order valence-electron chi connectivity index (χ0n) is 11.7. The van der Waals surface area contributed by atoms with Crippen LogP contribution in [0.2, 0.25) is 0 Å². The number of carbonyl (C=O) groups excluding carboxylic acids is 1. The van der Waals surface area contributed by atoms with Crippen molar-refractivity contribution >= 4 is 5.97 Å². The fourth-order valence-electron chi connectivity index (χ4n) is 3.99. The van der Waals surface area contributed by atoms with Crippen LogP contribution in [0.3, 0.4) is 0 Å². The Balaban J connectivity index is 1.94. The first kappa shape index (κ1) is 14.4. The predicted molar refractivity (Wildman–Crippen MR) is 70.6 cm³/mol. The van der Waals surface area contributed by atoms with Crippen LogP contribution >= 0.6 is 0 Å². The molecule has 21 heavy (non-hydrogen) atoms. The van der Waals surface area contributed by atoms with Gasteiger partial charge in [-0.2, -0.15) is 13.2 Å². The molecule has 1 aromatic rings. The molecule has 3 fully saturated rings. The third-order valence-corrected chi connectivity index (χ3v) is 4.88. The monoisotopic (exact) mass is 298 g/mol. The van der Waals surface area contributed by atoms with Crippen LogP contribution in [0.4, 0.5) is 13.2 Å². The van der Waals surface area contributed by atoms with E-state index < -0.39 is 17.2 Å². The van der Waals surface area contributed by atoms with Gasteiger partial charge in [0.15, 0.2) is 0 Å². The maximum atomic E-state index is 12.9. The van der Waals surface area contributed by atoms with Gasteiger partial charge in [0.25, 0.3) is 0 Å². The van der Waals surface area contributed by atoms with Crippen LogP contribution in [0.5, 0.6) is 0 Å². The fraction of sp³-hybridized carbons (Fsp3) is 0.562. The molecule has 0 aromatic heterocycles. The van der Waals surface area contributed by atoms with Crippen LogP contribution in [0.25, 0.3) is 0 Å². The van der Waals surface area contributed by atoms with E-state index in [1.54, 1.807) is 13.0 Å². The van der Waals surface area contributed by atoms with Crippen LogP contribution in [-0.2, 0) is 21.1 Å². The molecule has 1 atom stereocenters. The fourth-order valence-corrected chi connectivity index (χ4v) is 3.99. The van der Waals surface area contributed by atoms with E-state index in [4.69, 9.17) is 4.74 Å². The van der Waals surface area contributed by atoms with Gasteiger partial charge in [-0.1, -0.05) is 18.2 Å². The number of hydrogen-bond donors (Lipinski definition) is 0. The number of hydrogen-bond acceptors (Lipinski definition) is 2. The number of rotatable bonds is 3. The summed E-state index contributed by atoms with van der Waals surface area (Å²) in [6.45, 7) is 2.05. The maximum absolute atomic E-state index is 12.9. The van der Waals surface area contributed by atoms with Crippen molar-refractivity contribution in [2.24, 2.45) is 11.8 Å². The Bertz CT molecular complexity index is 559. The highest BCUT2D eigenvalue weighted by Crippen LogP contribution is 2.63. The maximum Gasteiger partial charge on any atom is 0.416 e. The van der Waals surface area contributed by atoms with Gasteiger partial charge in [0, 0.05) is 5.41 Å². The first-order chi connectivity index (χ1) is 9.87. The highest BCUT2D eigenvalue weighted by molar-refractivity contribution is 5.76. The molecule has 2 nitrogen and oxygen atoms in total. The Morgan fingerprint density at radius 3 is 2.71 bits per heavy atom. The van der Waals surface area contributed by atoms with Crippen LogP contribution in [0.1, 0.15) is 37.3 Å². The van der Waals surface area contributed by atoms with Crippen molar-refractivity contribution in [3.63, 3.8) is 0 Å². The van der Waals surface area contributed by atoms with Crippen molar-refractivity contribution in [3.8, 4) is 0 Å². The largest absolute Gasteiger partial charge is 0.466 e. The zero-order chi connectivity index (χ0) is 15.3. The molecule has 0 amide bonds. The predicted octanol–water partition coefficient (Wildman–Crippen LogP) is 3.94. The summed E-state index contributed by atoms with van der Waals surface area (Å²) >= 11 is 0. The summed E-state index contributed by atoms with van der Waals surface area (Å²) in [5.74, 6) is -0.130. The van der Waals surface area contributed by atoms with Gasteiger partial charge in [0.05, 0.1) is 18.1 Å². The van der Waals surface area contributed by atoms with Gasteiger partial charge >= 0.3 is 12.1 Å². The van der Waals surface area contributed by atoms with Gasteiger partial charge < -0.3 is 4.74 Å². The number of ether oxygens (including phenoxy) is 1. The number of carbonyl (C=O) groups is 1. The van der Waals surface area contributed by atoms with E-state index in [1.807, 2.05) is 0 Å². The molecule has 0 saturated heterocycles. The van der Waals surface area contributed by atoms with Crippen LogP contribution in [0.15, 0.2) is 24.3 Å². The van der Waals surface area contributed by atoms with Gasteiger partial charge in [0.1, 0.15) is 0 Å². The van der Waals surface area contributed by atoms with Crippen LogP contribution in [0, 0.1) is 11.8 Å². The molecule has 2 bridgehead atoms. The van der Waals surface area contributed by atoms with Gasteiger partial charge in [-0.25, -0.2) is 0 Å². The summed E-state index contributed by atoms with van der Waals surface area (Å²) in [7, 11) is 0. The summed E-state index contributed by atoms with van der Waals surface area (Å²) in [4.78, 5) is 12.1. The highest BCUT2D eigenvalue weighted by Gasteiger charge is 2.61. The first-order valence-electron chi connectivity index (χ1n) is 7.21. The Labute approximate surface area is 121 Å². The second-order valence-electron chi connectivity index (χ2n) is 6.05. The Kier molecular flexibility index (Phi) is 3.26.